The molecule has 1 aliphatic heterocycles. The van der Waals surface area contributed by atoms with E-state index in [0.717, 1.165) is 0 Å². The van der Waals surface area contributed by atoms with Crippen LogP contribution in [0.4, 0.5) is 4.79 Å². The summed E-state index contributed by atoms with van der Waals surface area (Å²) in [5, 5.41) is 28.0. The van der Waals surface area contributed by atoms with Gasteiger partial charge in [0.15, 0.2) is 17.5 Å². The molecule has 0 aromatic heterocycles. The van der Waals surface area contributed by atoms with E-state index in [9.17, 15) is 29.4 Å². The van der Waals surface area contributed by atoms with Gasteiger partial charge in [0.2, 0.25) is 0 Å². The molecule has 4 aliphatic rings. The second kappa shape index (κ2) is 16.3. The van der Waals surface area contributed by atoms with Gasteiger partial charge in [-0.3, -0.25) is 9.59 Å². The SMILES string of the molecule is CO[C@H]1C(=O)[C@]2(C)[C@@H](OC)CC3OC[C@@]3(OC(C)=O)[C@H]2C(OC(=O)c2ccccc2)[C@]2(O)CC(OC(=O)C(O)C(NC(=O)OC(C)(C)C)c3ccccc3)C(C)=C1C2(C)C. The van der Waals surface area contributed by atoms with Crippen LogP contribution >= 0.6 is 0 Å². The van der Waals surface area contributed by atoms with E-state index in [-0.39, 0.29) is 24.2 Å². The number of rotatable bonds is 10. The van der Waals surface area contributed by atoms with Crippen LogP contribution in [0, 0.1) is 16.7 Å². The van der Waals surface area contributed by atoms with Crippen molar-refractivity contribution in [3.8, 4) is 0 Å². The smallest absolute Gasteiger partial charge is 0.408 e. The van der Waals surface area contributed by atoms with Crippen LogP contribution in [0.15, 0.2) is 71.8 Å². The minimum atomic E-state index is -2.22. The van der Waals surface area contributed by atoms with E-state index in [4.69, 9.17) is 33.2 Å². The number of carbonyl (C=O) groups is 5. The van der Waals surface area contributed by atoms with Gasteiger partial charge in [-0.1, -0.05) is 62.4 Å². The molecular weight excluding hydrogens is 778 g/mol. The van der Waals surface area contributed by atoms with Crippen LogP contribution in [0.1, 0.15) is 90.2 Å². The Morgan fingerprint density at radius 3 is 2.08 bits per heavy atom. The van der Waals surface area contributed by atoms with Crippen molar-refractivity contribution in [3.05, 3.63) is 82.9 Å². The van der Waals surface area contributed by atoms with Crippen LogP contribution in [0.25, 0.3) is 0 Å². The molecule has 11 atom stereocenters. The summed E-state index contributed by atoms with van der Waals surface area (Å²) in [4.78, 5) is 70.1. The van der Waals surface area contributed by atoms with Gasteiger partial charge in [-0.15, -0.1) is 0 Å². The molecular formula is C45H57NO14. The Labute approximate surface area is 350 Å². The van der Waals surface area contributed by atoms with Crippen molar-refractivity contribution in [1.29, 1.82) is 0 Å². The molecule has 2 aromatic rings. The summed E-state index contributed by atoms with van der Waals surface area (Å²) in [5.41, 5.74) is -6.72. The van der Waals surface area contributed by atoms with Crippen molar-refractivity contribution in [2.75, 3.05) is 20.8 Å². The largest absolute Gasteiger partial charge is 0.456 e. The zero-order valence-electron chi connectivity index (χ0n) is 35.8. The zero-order valence-corrected chi connectivity index (χ0v) is 35.8. The summed E-state index contributed by atoms with van der Waals surface area (Å²) >= 11 is 0. The topological polar surface area (TPSA) is 202 Å². The molecule has 3 N–H and O–H groups in total. The Morgan fingerprint density at radius 1 is 0.933 bits per heavy atom. The van der Waals surface area contributed by atoms with E-state index >= 15 is 4.79 Å². The summed E-state index contributed by atoms with van der Waals surface area (Å²) < 4.78 is 42.4. The average molecular weight is 836 g/mol. The van der Waals surface area contributed by atoms with E-state index in [1.807, 2.05) is 0 Å². The van der Waals surface area contributed by atoms with Crippen LogP contribution in [-0.4, -0.2) is 114 Å². The van der Waals surface area contributed by atoms with Crippen molar-refractivity contribution in [2.24, 2.45) is 16.7 Å². The number of carbonyl (C=O) groups excluding carboxylic acids is 5. The summed E-state index contributed by atoms with van der Waals surface area (Å²) in [6.45, 7) is 12.7. The number of Topliss-reactive ketones (excluding diaryl/α,β-unsaturated/α-hetero) is 1. The molecule has 1 heterocycles. The number of methoxy groups -OCH3 is 2. The fourth-order valence-electron chi connectivity index (χ4n) is 10.1. The third-order valence-electron chi connectivity index (χ3n) is 13.0. The summed E-state index contributed by atoms with van der Waals surface area (Å²) in [7, 11) is 2.78. The van der Waals surface area contributed by atoms with Crippen LogP contribution in [-0.2, 0) is 47.5 Å². The molecule has 1 amide bonds. The maximum atomic E-state index is 15.5. The third kappa shape index (κ3) is 7.52. The summed E-state index contributed by atoms with van der Waals surface area (Å²) in [6, 6.07) is 15.1. The number of aliphatic hydroxyl groups is 2. The lowest BCUT2D eigenvalue weighted by Gasteiger charge is -2.67. The minimum absolute atomic E-state index is 0.121. The first-order valence-corrected chi connectivity index (χ1v) is 20.1. The molecule has 15 heteroatoms. The second-order valence-electron chi connectivity index (χ2n) is 18.0. The number of esters is 3. The lowest BCUT2D eigenvalue weighted by atomic mass is 9.44. The van der Waals surface area contributed by atoms with Crippen LogP contribution in [0.3, 0.4) is 0 Å². The molecule has 5 unspecified atom stereocenters. The van der Waals surface area contributed by atoms with Gasteiger partial charge in [-0.25, -0.2) is 14.4 Å². The highest BCUT2D eigenvalue weighted by molar-refractivity contribution is 5.94. The monoisotopic (exact) mass is 835 g/mol. The number of ether oxygens (including phenoxy) is 7. The average Bonchev–Trinajstić information content (AvgIpc) is 3.18. The molecule has 2 saturated carbocycles. The van der Waals surface area contributed by atoms with Gasteiger partial charge in [0.25, 0.3) is 0 Å². The molecule has 2 aromatic carbocycles. The first-order valence-electron chi connectivity index (χ1n) is 20.1. The zero-order chi connectivity index (χ0) is 44.2. The van der Waals surface area contributed by atoms with E-state index in [2.05, 4.69) is 5.32 Å². The van der Waals surface area contributed by atoms with Gasteiger partial charge in [0.1, 0.15) is 35.6 Å². The lowest BCUT2D eigenvalue weighted by Crippen LogP contribution is -2.82. The minimum Gasteiger partial charge on any atom is -0.456 e. The number of ketones is 1. The Bertz CT molecular complexity index is 2010. The molecule has 0 radical (unpaired) electrons. The Balaban J connectivity index is 1.52. The van der Waals surface area contributed by atoms with E-state index in [1.165, 1.54) is 21.1 Å². The number of fused-ring (bicyclic) bond motifs is 5. The van der Waals surface area contributed by atoms with Gasteiger partial charge in [-0.2, -0.15) is 0 Å². The number of hydrogen-bond acceptors (Lipinski definition) is 14. The Kier molecular flexibility index (Phi) is 12.2. The molecule has 3 fully saturated rings. The van der Waals surface area contributed by atoms with Crippen molar-refractivity contribution in [2.45, 2.75) is 128 Å². The molecule has 326 valence electrons. The summed E-state index contributed by atoms with van der Waals surface area (Å²) in [5.74, 6) is -4.52. The number of alkyl carbamates (subject to hydrolysis) is 1. The highest BCUT2D eigenvalue weighted by atomic mass is 16.6. The lowest BCUT2D eigenvalue weighted by molar-refractivity contribution is -0.347. The van der Waals surface area contributed by atoms with Crippen LogP contribution in [0.2, 0.25) is 0 Å². The van der Waals surface area contributed by atoms with E-state index < -0.39 is 112 Å². The van der Waals surface area contributed by atoms with Crippen LogP contribution in [0.5, 0.6) is 0 Å². The maximum absolute atomic E-state index is 15.5. The molecule has 6 rings (SSSR count). The normalized spacial score (nSPS) is 33.0. The number of aliphatic hydroxyl groups excluding tert-OH is 1. The maximum Gasteiger partial charge on any atom is 0.408 e. The molecule has 1 saturated heterocycles. The number of nitrogens with one attached hydrogen (secondary N) is 1. The number of hydrogen-bond donors (Lipinski definition) is 3. The Morgan fingerprint density at radius 2 is 1.55 bits per heavy atom. The molecule has 60 heavy (non-hydrogen) atoms. The fraction of sp³-hybridized carbons (Fsp3) is 0.578. The van der Waals surface area contributed by atoms with E-state index in [0.29, 0.717) is 11.1 Å². The molecule has 3 aliphatic carbocycles. The van der Waals surface area contributed by atoms with Gasteiger partial charge in [-0.05, 0) is 63.5 Å². The predicted octanol–water partition coefficient (Wildman–Crippen LogP) is 4.57. The summed E-state index contributed by atoms with van der Waals surface area (Å²) in [6.07, 6.45) is -9.31. The van der Waals surface area contributed by atoms with Crippen LogP contribution < -0.4 is 5.32 Å². The highest BCUT2D eigenvalue weighted by Crippen LogP contribution is 2.64. The highest BCUT2D eigenvalue weighted by Gasteiger charge is 2.78. The van der Waals surface area contributed by atoms with Gasteiger partial charge in [0, 0.05) is 39.4 Å². The predicted molar refractivity (Wildman–Crippen MR) is 213 cm³/mol. The second-order valence-corrected chi connectivity index (χ2v) is 18.0. The van der Waals surface area contributed by atoms with Gasteiger partial charge >= 0.3 is 24.0 Å². The molecule has 2 bridgehead atoms. The third-order valence-corrected chi connectivity index (χ3v) is 13.0. The number of amides is 1. The van der Waals surface area contributed by atoms with Crippen molar-refractivity contribution < 1.29 is 67.3 Å². The Hall–Kier alpha value is -4.67. The van der Waals surface area contributed by atoms with Crippen molar-refractivity contribution in [3.63, 3.8) is 0 Å². The first-order chi connectivity index (χ1) is 28.1. The fourth-order valence-corrected chi connectivity index (χ4v) is 10.1. The first kappa shape index (κ1) is 44.9. The molecule has 0 spiro atoms. The quantitative estimate of drug-likeness (QED) is 0.171. The van der Waals surface area contributed by atoms with E-state index in [1.54, 1.807) is 109 Å². The standard InChI is InChI=1S/C45H57NO14/c1-24-28(57-39(51)33(48)32(26-17-13-11-14-18-26)46-40(52)60-41(3,4)5)22-45(53)37(58-38(50)27-19-15-12-16-20-27)35-43(8,36(49)34(55-10)31(24)42(45,6)7)29(54-9)21-30-44(35,23-56-30)59-25(2)47/h11-20,28-30,32-35,37,48,53H,21-23H2,1-10H3,(H,46,52)/t28?,29-,30?,32?,33?,34+,35-,37?,43+,44-,45+/m0/s1. The van der Waals surface area contributed by atoms with Gasteiger partial charge in [0.05, 0.1) is 35.6 Å². The number of benzene rings is 2. The van der Waals surface area contributed by atoms with Gasteiger partial charge < -0.3 is 48.7 Å². The molecule has 15 nitrogen and oxygen atoms in total. The van der Waals surface area contributed by atoms with Crippen molar-refractivity contribution in [1.82, 2.24) is 5.32 Å². The van der Waals surface area contributed by atoms with Crippen molar-refractivity contribution >= 4 is 29.8 Å².